The van der Waals surface area contributed by atoms with Gasteiger partial charge in [-0.2, -0.15) is 0 Å². The van der Waals surface area contributed by atoms with E-state index in [4.69, 9.17) is 0 Å². The van der Waals surface area contributed by atoms with Crippen molar-refractivity contribution in [2.75, 3.05) is 7.11 Å². The van der Waals surface area contributed by atoms with Crippen molar-refractivity contribution in [2.24, 2.45) is 4.99 Å². The summed E-state index contributed by atoms with van der Waals surface area (Å²) in [4.78, 5) is 26.5. The zero-order valence-corrected chi connectivity index (χ0v) is 11.1. The summed E-state index contributed by atoms with van der Waals surface area (Å²) in [6, 6.07) is -1.58. The van der Waals surface area contributed by atoms with Crippen molar-refractivity contribution >= 4 is 32.6 Å². The molecule has 0 aromatic heterocycles. The molecule has 17 heavy (non-hydrogen) atoms. The van der Waals surface area contributed by atoms with Gasteiger partial charge >= 0.3 is 5.97 Å². The van der Waals surface area contributed by atoms with Crippen LogP contribution >= 0.6 is 15.9 Å². The van der Waals surface area contributed by atoms with Crippen molar-refractivity contribution in [3.63, 3.8) is 0 Å². The Hall–Kier alpha value is -1.15. The summed E-state index contributed by atoms with van der Waals surface area (Å²) in [5.74, 6) is -2.52. The molecule has 7 nitrogen and oxygen atoms in total. The number of methoxy groups -OCH3 is 1. The maximum atomic E-state index is 11.8. The van der Waals surface area contributed by atoms with Crippen molar-refractivity contribution in [2.45, 2.75) is 31.0 Å². The number of hydrogen-bond donors (Lipinski definition) is 2. The van der Waals surface area contributed by atoms with Crippen LogP contribution in [0.15, 0.2) is 4.99 Å². The average Bonchev–Trinajstić information content (AvgIpc) is 2.55. The Kier molecular flexibility index (Phi) is 3.49. The highest BCUT2D eigenvalue weighted by Crippen LogP contribution is 2.33. The van der Waals surface area contributed by atoms with E-state index in [0.717, 1.165) is 7.11 Å². The van der Waals surface area contributed by atoms with Gasteiger partial charge in [0.2, 0.25) is 0 Å². The van der Waals surface area contributed by atoms with Gasteiger partial charge in [0.15, 0.2) is 10.3 Å². The van der Waals surface area contributed by atoms with Crippen molar-refractivity contribution < 1.29 is 24.5 Å². The van der Waals surface area contributed by atoms with Crippen LogP contribution in [0.1, 0.15) is 13.8 Å². The number of nitrogens with one attached hydrogen (secondary N) is 1. The largest absolute Gasteiger partial charge is 0.548 e. The number of nitrogens with zero attached hydrogens (tertiary/aromatic N) is 1. The highest BCUT2D eigenvalue weighted by atomic mass is 79.9. The van der Waals surface area contributed by atoms with E-state index in [1.807, 2.05) is 0 Å². The van der Waals surface area contributed by atoms with Gasteiger partial charge in [0, 0.05) is 0 Å². The van der Waals surface area contributed by atoms with E-state index in [0.29, 0.717) is 0 Å². The first-order valence-corrected chi connectivity index (χ1v) is 5.49. The van der Waals surface area contributed by atoms with Gasteiger partial charge < -0.3 is 25.1 Å². The number of aliphatic imine (C=N–C) groups is 1. The fourth-order valence-corrected chi connectivity index (χ4v) is 2.28. The van der Waals surface area contributed by atoms with E-state index in [1.165, 1.54) is 13.8 Å². The van der Waals surface area contributed by atoms with Gasteiger partial charge in [-0.05, 0) is 29.8 Å². The SMILES string of the molecule is COC(=O)C1(C(C)(C)O)NC(Br)=NC1C(=O)[O-]. The first kappa shape index (κ1) is 13.9. The molecule has 0 saturated carbocycles. The van der Waals surface area contributed by atoms with Gasteiger partial charge in [-0.15, -0.1) is 0 Å². The lowest BCUT2D eigenvalue weighted by atomic mass is 9.77. The van der Waals surface area contributed by atoms with Crippen LogP contribution in [-0.4, -0.2) is 46.1 Å². The molecule has 0 radical (unpaired) electrons. The maximum absolute atomic E-state index is 11.8. The predicted molar refractivity (Wildman–Crippen MR) is 59.3 cm³/mol. The Labute approximate surface area is 106 Å². The standard InChI is InChI=1S/C9H13BrN2O5/c1-8(2,16)9(6(15)17-3)4(5(13)14)11-7(10)12-9/h4,16H,1-3H3,(H,11,12)(H,13,14)/p-1. The monoisotopic (exact) mass is 307 g/mol. The van der Waals surface area contributed by atoms with Crippen LogP contribution in [0.2, 0.25) is 0 Å². The van der Waals surface area contributed by atoms with Gasteiger partial charge in [-0.3, -0.25) is 0 Å². The third kappa shape index (κ3) is 2.02. The maximum Gasteiger partial charge on any atom is 0.337 e. The van der Waals surface area contributed by atoms with Crippen molar-refractivity contribution in [1.82, 2.24) is 5.32 Å². The second-order valence-corrected chi connectivity index (χ2v) is 4.88. The number of carbonyl (C=O) groups excluding carboxylic acids is 2. The first-order chi connectivity index (χ1) is 7.66. The summed E-state index contributed by atoms with van der Waals surface area (Å²) in [5, 5.41) is 23.6. The van der Waals surface area contributed by atoms with Crippen molar-refractivity contribution in [1.29, 1.82) is 0 Å². The summed E-state index contributed by atoms with van der Waals surface area (Å²) >= 11 is 2.94. The molecule has 0 amide bonds. The highest BCUT2D eigenvalue weighted by Gasteiger charge is 2.61. The third-order valence-electron chi connectivity index (χ3n) is 2.65. The number of carbonyl (C=O) groups is 2. The fourth-order valence-electron chi connectivity index (χ4n) is 1.76. The number of carboxylic acids is 1. The molecule has 0 aromatic carbocycles. The average molecular weight is 308 g/mol. The molecular weight excluding hydrogens is 296 g/mol. The molecule has 1 heterocycles. The summed E-state index contributed by atoms with van der Waals surface area (Å²) < 4.78 is 4.59. The van der Waals surface area contributed by atoms with Gasteiger partial charge in [-0.25, -0.2) is 9.79 Å². The number of halogens is 1. The smallest absolute Gasteiger partial charge is 0.337 e. The second-order valence-electron chi connectivity index (χ2n) is 4.13. The molecule has 1 rings (SSSR count). The second kappa shape index (κ2) is 4.26. The number of hydrogen-bond acceptors (Lipinski definition) is 7. The normalized spacial score (nSPS) is 28.3. The van der Waals surface area contributed by atoms with Crippen LogP contribution in [0, 0.1) is 0 Å². The topological polar surface area (TPSA) is 111 Å². The number of ether oxygens (including phenoxy) is 1. The van der Waals surface area contributed by atoms with E-state index in [9.17, 15) is 19.8 Å². The minimum Gasteiger partial charge on any atom is -0.548 e. The molecule has 8 heteroatoms. The zero-order valence-electron chi connectivity index (χ0n) is 9.48. The molecule has 2 unspecified atom stereocenters. The molecule has 0 aromatic rings. The van der Waals surface area contributed by atoms with Crippen LogP contribution in [0.5, 0.6) is 0 Å². The summed E-state index contributed by atoms with van der Waals surface area (Å²) in [7, 11) is 1.09. The lowest BCUT2D eigenvalue weighted by molar-refractivity contribution is -0.310. The minimum absolute atomic E-state index is 0.0409. The molecule has 1 aliphatic rings. The Morgan fingerprint density at radius 2 is 2.18 bits per heavy atom. The van der Waals surface area contributed by atoms with Crippen LogP contribution in [0.25, 0.3) is 0 Å². The third-order valence-corrected chi connectivity index (χ3v) is 3.05. The Morgan fingerprint density at radius 3 is 2.53 bits per heavy atom. The highest BCUT2D eigenvalue weighted by molar-refractivity contribution is 9.18. The fraction of sp³-hybridized carbons (Fsp3) is 0.667. The van der Waals surface area contributed by atoms with Crippen LogP contribution < -0.4 is 10.4 Å². The van der Waals surface area contributed by atoms with E-state index < -0.39 is 29.1 Å². The quantitative estimate of drug-likeness (QED) is 0.467. The number of rotatable bonds is 3. The van der Waals surface area contributed by atoms with E-state index in [2.05, 4.69) is 31.0 Å². The molecule has 0 saturated heterocycles. The molecule has 0 spiro atoms. The van der Waals surface area contributed by atoms with E-state index in [1.54, 1.807) is 0 Å². The molecule has 0 fully saturated rings. The van der Waals surface area contributed by atoms with Crippen molar-refractivity contribution in [3.05, 3.63) is 0 Å². The van der Waals surface area contributed by atoms with E-state index >= 15 is 0 Å². The lowest BCUT2D eigenvalue weighted by Crippen LogP contribution is -2.71. The molecule has 1 aliphatic heterocycles. The Balaban J connectivity index is 3.35. The number of amidine groups is 1. The summed E-state index contributed by atoms with van der Waals surface area (Å²) in [5.41, 5.74) is -3.64. The zero-order chi connectivity index (χ0) is 13.4. The number of aliphatic carboxylic acids is 1. The molecular formula is C9H12BrN2O5-. The Morgan fingerprint density at radius 1 is 1.65 bits per heavy atom. The van der Waals surface area contributed by atoms with Gasteiger partial charge in [0.25, 0.3) is 0 Å². The summed E-state index contributed by atoms with van der Waals surface area (Å²) in [6.45, 7) is 2.57. The van der Waals surface area contributed by atoms with Gasteiger partial charge in [0.1, 0.15) is 6.04 Å². The molecule has 96 valence electrons. The van der Waals surface area contributed by atoms with Crippen LogP contribution in [-0.2, 0) is 14.3 Å². The lowest BCUT2D eigenvalue weighted by Gasteiger charge is -2.41. The number of aliphatic hydroxyl groups is 1. The summed E-state index contributed by atoms with van der Waals surface area (Å²) in [6.07, 6.45) is 0. The molecule has 2 N–H and O–H groups in total. The predicted octanol–water partition coefficient (Wildman–Crippen LogP) is -1.86. The van der Waals surface area contributed by atoms with Gasteiger partial charge in [-0.1, -0.05) is 0 Å². The van der Waals surface area contributed by atoms with Crippen LogP contribution in [0.3, 0.4) is 0 Å². The Bertz CT molecular complexity index is 389. The minimum atomic E-state index is -1.92. The molecule has 0 aliphatic carbocycles. The number of esters is 1. The van der Waals surface area contributed by atoms with Gasteiger partial charge in [0.05, 0.1) is 18.7 Å². The number of carboxylic acid groups (broad SMARTS) is 1. The molecule has 2 atom stereocenters. The van der Waals surface area contributed by atoms with Crippen LogP contribution in [0.4, 0.5) is 0 Å². The first-order valence-electron chi connectivity index (χ1n) is 4.70. The molecule has 0 bridgehead atoms. The van der Waals surface area contributed by atoms with E-state index in [-0.39, 0.29) is 4.74 Å². The van der Waals surface area contributed by atoms with Crippen molar-refractivity contribution in [3.8, 4) is 0 Å².